The molecule has 0 atom stereocenters. The molecule has 0 heterocycles. The van der Waals surface area contributed by atoms with Crippen molar-refractivity contribution in [1.82, 2.24) is 0 Å². The Hall–Kier alpha value is -3.02. The monoisotopic (exact) mass is 442 g/mol. The fraction of sp³-hybridized carbons (Fsp3) is 0.0870. The molecule has 0 fully saturated rings. The maximum atomic E-state index is 14.4. The molecule has 0 aliphatic rings. The molecule has 0 bridgehead atoms. The lowest BCUT2D eigenvalue weighted by Crippen LogP contribution is -2.16. The van der Waals surface area contributed by atoms with E-state index < -0.39 is 17.5 Å². The van der Waals surface area contributed by atoms with Crippen molar-refractivity contribution in [3.63, 3.8) is 0 Å². The Labute approximate surface area is 183 Å². The molecule has 0 saturated carbocycles. The van der Waals surface area contributed by atoms with Gasteiger partial charge >= 0.3 is 0 Å². The first-order valence-corrected chi connectivity index (χ1v) is 9.74. The van der Waals surface area contributed by atoms with Gasteiger partial charge in [0, 0.05) is 33.4 Å². The number of benzene rings is 3. The second-order valence-electron chi connectivity index (χ2n) is 6.68. The zero-order valence-electron chi connectivity index (χ0n) is 15.9. The Balaban J connectivity index is 1.86. The van der Waals surface area contributed by atoms with Crippen LogP contribution in [0.15, 0.2) is 60.7 Å². The molecule has 30 heavy (non-hydrogen) atoms. The van der Waals surface area contributed by atoms with E-state index in [2.05, 4.69) is 5.32 Å². The molecule has 0 saturated heterocycles. The van der Waals surface area contributed by atoms with Crippen molar-refractivity contribution in [3.8, 4) is 0 Å². The minimum Gasteiger partial charge on any atom is -0.322 e. The van der Waals surface area contributed by atoms with Crippen molar-refractivity contribution in [3.05, 3.63) is 98.8 Å². The van der Waals surface area contributed by atoms with E-state index in [9.17, 15) is 14.0 Å². The van der Waals surface area contributed by atoms with Gasteiger partial charge in [-0.25, -0.2) is 4.39 Å². The quantitative estimate of drug-likeness (QED) is 0.352. The molecule has 3 rings (SSSR count). The Morgan fingerprint density at radius 3 is 2.23 bits per heavy atom. The van der Waals surface area contributed by atoms with Gasteiger partial charge in [-0.15, -0.1) is 0 Å². The zero-order valence-corrected chi connectivity index (χ0v) is 17.4. The van der Waals surface area contributed by atoms with E-state index in [1.165, 1.54) is 25.1 Å². The van der Waals surface area contributed by atoms with Gasteiger partial charge in [-0.3, -0.25) is 9.59 Å². The molecule has 0 aliphatic heterocycles. The number of hydrogen-bond donors (Lipinski definition) is 2. The summed E-state index contributed by atoms with van der Waals surface area (Å²) in [5, 5.41) is 11.2. The van der Waals surface area contributed by atoms with Crippen molar-refractivity contribution in [2.45, 2.75) is 13.3 Å². The number of Topliss-reactive ketones (excluding diaryl/α,β-unsaturated/α-hetero) is 1. The van der Waals surface area contributed by atoms with Gasteiger partial charge in [0.2, 0.25) is 0 Å². The van der Waals surface area contributed by atoms with Crippen LogP contribution in [0.1, 0.15) is 38.8 Å². The number of carbonyl (C=O) groups is 2. The Kier molecular flexibility index (Phi) is 6.65. The second-order valence-corrected chi connectivity index (χ2v) is 7.55. The van der Waals surface area contributed by atoms with Crippen LogP contribution in [-0.4, -0.2) is 17.4 Å². The normalized spacial score (nSPS) is 10.5. The van der Waals surface area contributed by atoms with Gasteiger partial charge in [0.05, 0.1) is 5.56 Å². The minimum absolute atomic E-state index is 0.0981. The molecule has 2 N–H and O–H groups in total. The fourth-order valence-corrected chi connectivity index (χ4v) is 3.19. The van der Waals surface area contributed by atoms with Crippen LogP contribution < -0.4 is 5.32 Å². The highest BCUT2D eigenvalue weighted by Gasteiger charge is 2.18. The Morgan fingerprint density at radius 2 is 1.60 bits per heavy atom. The highest BCUT2D eigenvalue weighted by Crippen LogP contribution is 2.22. The lowest BCUT2D eigenvalue weighted by atomic mass is 9.97. The molecule has 0 radical (unpaired) electrons. The number of halogens is 3. The number of carbonyl (C=O) groups excluding carboxylic acids is 2. The van der Waals surface area contributed by atoms with Crippen LogP contribution in [0.25, 0.3) is 0 Å². The van der Waals surface area contributed by atoms with Crippen LogP contribution in [0.4, 0.5) is 10.1 Å². The smallest absolute Gasteiger partial charge is 0.256 e. The molecule has 7 heteroatoms. The number of anilines is 1. The summed E-state index contributed by atoms with van der Waals surface area (Å²) in [5.41, 5.74) is 1.68. The highest BCUT2D eigenvalue weighted by atomic mass is 35.5. The van der Waals surface area contributed by atoms with Crippen molar-refractivity contribution in [1.29, 1.82) is 5.41 Å². The Bertz CT molecular complexity index is 1140. The third-order valence-electron chi connectivity index (χ3n) is 4.47. The minimum atomic E-state index is -0.703. The van der Waals surface area contributed by atoms with E-state index in [0.29, 0.717) is 26.9 Å². The third kappa shape index (κ3) is 5.12. The summed E-state index contributed by atoms with van der Waals surface area (Å²) in [6.45, 7) is 1.54. The van der Waals surface area contributed by atoms with Crippen LogP contribution >= 0.6 is 23.2 Å². The second kappa shape index (κ2) is 9.20. The summed E-state index contributed by atoms with van der Waals surface area (Å²) >= 11 is 11.9. The van der Waals surface area contributed by atoms with Crippen molar-refractivity contribution < 1.29 is 14.0 Å². The highest BCUT2D eigenvalue weighted by molar-refractivity contribution is 6.31. The van der Waals surface area contributed by atoms with Gasteiger partial charge in [-0.1, -0.05) is 35.3 Å². The van der Waals surface area contributed by atoms with E-state index in [4.69, 9.17) is 28.6 Å². The SMILES string of the molecule is CC(=N)c1ccc(C(=O)Cc2ccc(Cl)cc2C(=O)Nc2ccc(Cl)cc2)c(F)c1. The molecule has 0 aromatic heterocycles. The van der Waals surface area contributed by atoms with Crippen molar-refractivity contribution >= 4 is 46.3 Å². The predicted octanol–water partition coefficient (Wildman–Crippen LogP) is 6.20. The standard InChI is InChI=1S/C23H17Cl2FN2O2/c1-13(27)14-3-9-19(21(26)10-14)22(29)11-15-2-4-17(25)12-20(15)23(30)28-18-7-5-16(24)6-8-18/h2-10,12,27H,11H2,1H3,(H,28,30). The summed E-state index contributed by atoms with van der Waals surface area (Å²) < 4.78 is 14.4. The largest absolute Gasteiger partial charge is 0.322 e. The first kappa shape index (κ1) is 21.7. The summed E-state index contributed by atoms with van der Waals surface area (Å²) in [7, 11) is 0. The molecule has 1 amide bonds. The van der Waals surface area contributed by atoms with Crippen LogP contribution in [0, 0.1) is 11.2 Å². The van der Waals surface area contributed by atoms with E-state index in [0.717, 1.165) is 6.07 Å². The molecule has 152 valence electrons. The van der Waals surface area contributed by atoms with Crippen molar-refractivity contribution in [2.24, 2.45) is 0 Å². The average Bonchev–Trinajstić information content (AvgIpc) is 2.70. The molecule has 4 nitrogen and oxygen atoms in total. The van der Waals surface area contributed by atoms with E-state index in [-0.39, 0.29) is 23.3 Å². The predicted molar refractivity (Wildman–Crippen MR) is 118 cm³/mol. The van der Waals surface area contributed by atoms with E-state index >= 15 is 0 Å². The molecule has 0 aliphatic carbocycles. The summed E-state index contributed by atoms with van der Waals surface area (Å²) in [4.78, 5) is 25.5. The van der Waals surface area contributed by atoms with E-state index in [1.54, 1.807) is 36.4 Å². The number of nitrogens with one attached hydrogen (secondary N) is 2. The van der Waals surface area contributed by atoms with Gasteiger partial charge in [0.15, 0.2) is 5.78 Å². The molecule has 0 unspecified atom stereocenters. The van der Waals surface area contributed by atoms with Crippen molar-refractivity contribution in [2.75, 3.05) is 5.32 Å². The first-order valence-electron chi connectivity index (χ1n) is 8.98. The third-order valence-corrected chi connectivity index (χ3v) is 4.96. The van der Waals surface area contributed by atoms with Crippen LogP contribution in [0.3, 0.4) is 0 Å². The first-order chi connectivity index (χ1) is 14.2. The zero-order chi connectivity index (χ0) is 21.8. The molecular weight excluding hydrogens is 426 g/mol. The molecule has 3 aromatic rings. The van der Waals surface area contributed by atoms with E-state index in [1.807, 2.05) is 0 Å². The van der Waals surface area contributed by atoms with Gasteiger partial charge in [0.25, 0.3) is 5.91 Å². The van der Waals surface area contributed by atoms with Gasteiger partial charge in [-0.2, -0.15) is 0 Å². The average molecular weight is 443 g/mol. The summed E-state index contributed by atoms with van der Waals surface area (Å²) in [5.74, 6) is -1.63. The molecule has 3 aromatic carbocycles. The van der Waals surface area contributed by atoms with Crippen LogP contribution in [0.5, 0.6) is 0 Å². The topological polar surface area (TPSA) is 70.0 Å². The van der Waals surface area contributed by atoms with Gasteiger partial charge in [-0.05, 0) is 66.6 Å². The Morgan fingerprint density at radius 1 is 0.933 bits per heavy atom. The lowest BCUT2D eigenvalue weighted by molar-refractivity contribution is 0.0988. The van der Waals surface area contributed by atoms with Crippen LogP contribution in [-0.2, 0) is 6.42 Å². The summed E-state index contributed by atoms with van der Waals surface area (Å²) in [6, 6.07) is 15.2. The maximum absolute atomic E-state index is 14.4. The molecular formula is C23H17Cl2FN2O2. The number of ketones is 1. The summed E-state index contributed by atoms with van der Waals surface area (Å²) in [6.07, 6.45) is -0.180. The number of rotatable bonds is 6. The van der Waals surface area contributed by atoms with Gasteiger partial charge < -0.3 is 10.7 Å². The van der Waals surface area contributed by atoms with Gasteiger partial charge in [0.1, 0.15) is 5.82 Å². The molecule has 0 spiro atoms. The lowest BCUT2D eigenvalue weighted by Gasteiger charge is -2.11. The maximum Gasteiger partial charge on any atom is 0.256 e. The van der Waals surface area contributed by atoms with Crippen LogP contribution in [0.2, 0.25) is 10.0 Å². The number of amides is 1. The number of hydrogen-bond acceptors (Lipinski definition) is 3. The fourth-order valence-electron chi connectivity index (χ4n) is 2.89.